The van der Waals surface area contributed by atoms with Gasteiger partial charge in [0.05, 0.1) is 12.8 Å². The van der Waals surface area contributed by atoms with Gasteiger partial charge < -0.3 is 4.74 Å². The molecule has 4 rings (SSSR count). The Labute approximate surface area is 171 Å². The Morgan fingerprint density at radius 2 is 1.79 bits per heavy atom. The van der Waals surface area contributed by atoms with Crippen molar-refractivity contribution < 1.29 is 18.7 Å². The number of benzene rings is 3. The van der Waals surface area contributed by atoms with Gasteiger partial charge in [-0.2, -0.15) is 0 Å². The third kappa shape index (κ3) is 3.36. The Morgan fingerprint density at radius 3 is 2.52 bits per heavy atom. The van der Waals surface area contributed by atoms with Gasteiger partial charge in [0.15, 0.2) is 5.11 Å². The molecular weight excluding hydrogens is 391 g/mol. The Kier molecular flexibility index (Phi) is 4.82. The van der Waals surface area contributed by atoms with E-state index in [2.05, 4.69) is 5.32 Å². The molecule has 29 heavy (non-hydrogen) atoms. The Bertz CT molecular complexity index is 1210. The molecule has 0 radical (unpaired) electrons. The summed E-state index contributed by atoms with van der Waals surface area (Å²) < 4.78 is 19.0. The molecule has 5 nitrogen and oxygen atoms in total. The van der Waals surface area contributed by atoms with Crippen molar-refractivity contribution >= 4 is 51.7 Å². The minimum Gasteiger partial charge on any atom is -0.496 e. The second-order valence-electron chi connectivity index (χ2n) is 6.34. The molecule has 1 saturated heterocycles. The quantitative estimate of drug-likeness (QED) is 0.408. The number of carbonyl (C=O) groups excluding carboxylic acids is 2. The third-order valence-electron chi connectivity index (χ3n) is 4.61. The lowest BCUT2D eigenvalue weighted by Crippen LogP contribution is -2.54. The molecule has 1 aliphatic heterocycles. The Balaban J connectivity index is 1.83. The first-order valence-corrected chi connectivity index (χ1v) is 9.13. The van der Waals surface area contributed by atoms with E-state index in [1.54, 1.807) is 25.3 Å². The van der Waals surface area contributed by atoms with E-state index < -0.39 is 17.6 Å². The number of hydrogen-bond donors (Lipinski definition) is 1. The highest BCUT2D eigenvalue weighted by atomic mass is 32.1. The van der Waals surface area contributed by atoms with E-state index in [1.807, 2.05) is 24.3 Å². The van der Waals surface area contributed by atoms with E-state index in [9.17, 15) is 14.0 Å². The minimum absolute atomic E-state index is 0.0951. The van der Waals surface area contributed by atoms with Crippen LogP contribution in [0.1, 0.15) is 5.56 Å². The molecule has 7 heteroatoms. The highest BCUT2D eigenvalue weighted by Crippen LogP contribution is 2.30. The zero-order chi connectivity index (χ0) is 20.5. The minimum atomic E-state index is -0.621. The zero-order valence-corrected chi connectivity index (χ0v) is 16.1. The summed E-state index contributed by atoms with van der Waals surface area (Å²) in [7, 11) is 1.58. The van der Waals surface area contributed by atoms with E-state index >= 15 is 0 Å². The van der Waals surface area contributed by atoms with Crippen molar-refractivity contribution in [1.82, 2.24) is 5.32 Å². The highest BCUT2D eigenvalue weighted by molar-refractivity contribution is 7.80. The van der Waals surface area contributed by atoms with Gasteiger partial charge >= 0.3 is 0 Å². The second kappa shape index (κ2) is 7.44. The lowest BCUT2D eigenvalue weighted by Gasteiger charge is -2.29. The van der Waals surface area contributed by atoms with Crippen molar-refractivity contribution in [3.63, 3.8) is 0 Å². The molecule has 1 heterocycles. The number of anilines is 1. The van der Waals surface area contributed by atoms with E-state index in [4.69, 9.17) is 17.0 Å². The van der Waals surface area contributed by atoms with Crippen LogP contribution in [0.4, 0.5) is 10.1 Å². The number of carbonyl (C=O) groups is 2. The van der Waals surface area contributed by atoms with Gasteiger partial charge in [-0.05, 0) is 53.5 Å². The Hall–Kier alpha value is -3.58. The van der Waals surface area contributed by atoms with Crippen molar-refractivity contribution in [2.45, 2.75) is 0 Å². The summed E-state index contributed by atoms with van der Waals surface area (Å²) in [5, 5.41) is 4.08. The predicted octanol–water partition coefficient (Wildman–Crippen LogP) is 3.82. The maximum atomic E-state index is 13.6. The molecule has 0 aromatic heterocycles. The molecule has 0 unspecified atom stereocenters. The molecule has 1 fully saturated rings. The number of nitrogens with zero attached hydrogens (tertiary/aromatic N) is 1. The predicted molar refractivity (Wildman–Crippen MR) is 113 cm³/mol. The number of halogens is 1. The van der Waals surface area contributed by atoms with Crippen LogP contribution >= 0.6 is 12.2 Å². The molecule has 0 aliphatic carbocycles. The first kappa shape index (κ1) is 18.8. The van der Waals surface area contributed by atoms with Crippen LogP contribution in [0.2, 0.25) is 0 Å². The zero-order valence-electron chi connectivity index (χ0n) is 15.3. The standard InChI is InChI=1S/C22H15FN2O3S/c1-28-19-10-9-13(16-7-2-3-8-17(16)19)11-18-20(26)24-22(29)25(21(18)27)15-6-4-5-14(23)12-15/h2-12H,1H3,(H,24,26,29)/b18-11+. The largest absolute Gasteiger partial charge is 0.496 e. The monoisotopic (exact) mass is 406 g/mol. The number of rotatable bonds is 3. The normalized spacial score (nSPS) is 15.7. The maximum Gasteiger partial charge on any atom is 0.270 e. The van der Waals surface area contributed by atoms with Crippen molar-refractivity contribution in [3.05, 3.63) is 77.6 Å². The van der Waals surface area contributed by atoms with Gasteiger partial charge in [-0.15, -0.1) is 0 Å². The lowest BCUT2D eigenvalue weighted by molar-refractivity contribution is -0.122. The first-order chi connectivity index (χ1) is 14.0. The van der Waals surface area contributed by atoms with Gasteiger partial charge in [0, 0.05) is 5.39 Å². The number of thiocarbonyl (C=S) groups is 1. The SMILES string of the molecule is COc1ccc(/C=C2\C(=O)NC(=S)N(c3cccc(F)c3)C2=O)c2ccccc12. The summed E-state index contributed by atoms with van der Waals surface area (Å²) in [5.74, 6) is -1.05. The molecule has 1 N–H and O–H groups in total. The molecule has 0 saturated carbocycles. The van der Waals surface area contributed by atoms with Crippen LogP contribution in [-0.2, 0) is 9.59 Å². The molecule has 0 bridgehead atoms. The molecule has 3 aromatic carbocycles. The number of fused-ring (bicyclic) bond motifs is 1. The molecule has 144 valence electrons. The lowest BCUT2D eigenvalue weighted by atomic mass is 10.00. The fraction of sp³-hybridized carbons (Fsp3) is 0.0455. The van der Waals surface area contributed by atoms with Crippen LogP contribution in [0.25, 0.3) is 16.8 Å². The van der Waals surface area contributed by atoms with Gasteiger partial charge in [-0.1, -0.05) is 36.4 Å². The van der Waals surface area contributed by atoms with Crippen molar-refractivity contribution in [2.75, 3.05) is 12.0 Å². The van der Waals surface area contributed by atoms with Gasteiger partial charge in [-0.25, -0.2) is 4.39 Å². The van der Waals surface area contributed by atoms with Gasteiger partial charge in [0.25, 0.3) is 11.8 Å². The fourth-order valence-corrected chi connectivity index (χ4v) is 3.54. The number of ether oxygens (including phenoxy) is 1. The highest BCUT2D eigenvalue weighted by Gasteiger charge is 2.34. The Morgan fingerprint density at radius 1 is 1.03 bits per heavy atom. The van der Waals surface area contributed by atoms with Gasteiger partial charge in [0.2, 0.25) is 0 Å². The van der Waals surface area contributed by atoms with Crippen molar-refractivity contribution in [1.29, 1.82) is 0 Å². The fourth-order valence-electron chi connectivity index (χ4n) is 3.26. The molecule has 0 atom stereocenters. The summed E-state index contributed by atoms with van der Waals surface area (Å²) >= 11 is 5.14. The van der Waals surface area contributed by atoms with E-state index in [-0.39, 0.29) is 16.4 Å². The van der Waals surface area contributed by atoms with Gasteiger partial charge in [-0.3, -0.25) is 19.8 Å². The van der Waals surface area contributed by atoms with Crippen molar-refractivity contribution in [3.8, 4) is 5.75 Å². The number of nitrogens with one attached hydrogen (secondary N) is 1. The van der Waals surface area contributed by atoms with Crippen LogP contribution in [-0.4, -0.2) is 24.0 Å². The molecular formula is C22H15FN2O3S. The number of hydrogen-bond acceptors (Lipinski definition) is 4. The van der Waals surface area contributed by atoms with E-state index in [0.29, 0.717) is 11.3 Å². The number of amides is 2. The van der Waals surface area contributed by atoms with Gasteiger partial charge in [0.1, 0.15) is 17.1 Å². The summed E-state index contributed by atoms with van der Waals surface area (Å²) in [6.07, 6.45) is 1.51. The molecule has 1 aliphatic rings. The van der Waals surface area contributed by atoms with Crippen LogP contribution in [0.5, 0.6) is 5.75 Å². The number of methoxy groups -OCH3 is 1. The summed E-state index contributed by atoms with van der Waals surface area (Å²) in [6, 6.07) is 16.5. The van der Waals surface area contributed by atoms with Crippen LogP contribution in [0.3, 0.4) is 0 Å². The first-order valence-electron chi connectivity index (χ1n) is 8.72. The summed E-state index contributed by atoms with van der Waals surface area (Å²) in [5.41, 5.74) is 0.815. The van der Waals surface area contributed by atoms with Crippen molar-refractivity contribution in [2.24, 2.45) is 0 Å². The average molecular weight is 406 g/mol. The molecule has 2 amide bonds. The third-order valence-corrected chi connectivity index (χ3v) is 4.89. The van der Waals surface area contributed by atoms with Crippen LogP contribution in [0.15, 0.2) is 66.2 Å². The smallest absolute Gasteiger partial charge is 0.270 e. The van der Waals surface area contributed by atoms with Crippen LogP contribution < -0.4 is 15.0 Å². The second-order valence-corrected chi connectivity index (χ2v) is 6.73. The average Bonchev–Trinajstić information content (AvgIpc) is 2.71. The summed E-state index contributed by atoms with van der Waals surface area (Å²) in [6.45, 7) is 0. The van der Waals surface area contributed by atoms with Crippen LogP contribution in [0, 0.1) is 5.82 Å². The maximum absolute atomic E-state index is 13.6. The summed E-state index contributed by atoms with van der Waals surface area (Å²) in [4.78, 5) is 26.7. The molecule has 0 spiro atoms. The molecule has 3 aromatic rings. The van der Waals surface area contributed by atoms with E-state index in [0.717, 1.165) is 15.7 Å². The topological polar surface area (TPSA) is 58.6 Å². The van der Waals surface area contributed by atoms with E-state index in [1.165, 1.54) is 24.3 Å².